The van der Waals surface area contributed by atoms with Crippen molar-refractivity contribution in [3.63, 3.8) is 0 Å². The van der Waals surface area contributed by atoms with Crippen LogP contribution in [0.25, 0.3) is 0 Å². The van der Waals surface area contributed by atoms with Crippen LogP contribution in [0.15, 0.2) is 23.1 Å². The molecule has 0 radical (unpaired) electrons. The molecule has 162 valence electrons. The average molecular weight is 429 g/mol. The monoisotopic (exact) mass is 428 g/mol. The average Bonchev–Trinajstić information content (AvgIpc) is 2.67. The second-order valence-corrected chi connectivity index (χ2v) is 9.49. The maximum atomic E-state index is 12.9. The Kier molecular flexibility index (Phi) is 7.20. The molecule has 0 aliphatic carbocycles. The van der Waals surface area contributed by atoms with Gasteiger partial charge in [-0.15, -0.1) is 0 Å². The molecule has 10 nitrogen and oxygen atoms in total. The molecule has 0 bridgehead atoms. The van der Waals surface area contributed by atoms with Crippen LogP contribution in [0.1, 0.15) is 27.2 Å². The van der Waals surface area contributed by atoms with Crippen molar-refractivity contribution in [1.82, 2.24) is 14.5 Å². The number of hydrogen-bond donors (Lipinski definition) is 1. The molecule has 1 aliphatic rings. The van der Waals surface area contributed by atoms with Crippen LogP contribution in [-0.2, 0) is 14.8 Å². The molecule has 0 aromatic heterocycles. The van der Waals surface area contributed by atoms with E-state index in [1.165, 1.54) is 23.5 Å². The van der Waals surface area contributed by atoms with Crippen LogP contribution in [0, 0.1) is 10.1 Å². The summed E-state index contributed by atoms with van der Waals surface area (Å²) < 4.78 is 32.0. The number of carbonyl (C=O) groups excluding carboxylic acids is 1. The van der Waals surface area contributed by atoms with Gasteiger partial charge in [0.2, 0.25) is 15.9 Å². The molecule has 0 saturated carbocycles. The minimum atomic E-state index is -3.88. The molecule has 2 rings (SSSR count). The molecule has 0 unspecified atom stereocenters. The van der Waals surface area contributed by atoms with Gasteiger partial charge in [-0.2, -0.15) is 4.31 Å². The highest BCUT2D eigenvalue weighted by Crippen LogP contribution is 2.30. The zero-order valence-corrected chi connectivity index (χ0v) is 18.0. The summed E-state index contributed by atoms with van der Waals surface area (Å²) in [6, 6.07) is 3.59. The van der Waals surface area contributed by atoms with Crippen LogP contribution in [-0.4, -0.2) is 73.8 Å². The quantitative estimate of drug-likeness (QED) is 0.488. The van der Waals surface area contributed by atoms with E-state index in [2.05, 4.69) is 5.32 Å². The standard InChI is InChI=1S/C18H28N4O6S/c1-5-18(2,3)19-17(23)13-20-8-10-21(11-9-20)29(26,27)14-6-7-16(28-4)15(12-14)22(24)25/h6-7,12H,5,8-11,13H2,1-4H3,(H,19,23). The Bertz CT molecular complexity index is 863. The number of benzene rings is 1. The molecular formula is C18H28N4O6S. The number of nitro groups is 1. The smallest absolute Gasteiger partial charge is 0.312 e. The number of sulfonamides is 1. The van der Waals surface area contributed by atoms with Crippen molar-refractivity contribution in [3.8, 4) is 5.75 Å². The van der Waals surface area contributed by atoms with Gasteiger partial charge in [-0.3, -0.25) is 19.8 Å². The molecule has 1 aliphatic heterocycles. The number of amides is 1. The summed E-state index contributed by atoms with van der Waals surface area (Å²) in [6.07, 6.45) is 0.804. The predicted molar refractivity (Wildman–Crippen MR) is 107 cm³/mol. The van der Waals surface area contributed by atoms with E-state index >= 15 is 0 Å². The van der Waals surface area contributed by atoms with E-state index in [-0.39, 0.29) is 41.7 Å². The van der Waals surface area contributed by atoms with E-state index in [1.54, 1.807) is 0 Å². The summed E-state index contributed by atoms with van der Waals surface area (Å²) in [5, 5.41) is 14.1. The van der Waals surface area contributed by atoms with Gasteiger partial charge in [-0.05, 0) is 32.4 Å². The third kappa shape index (κ3) is 5.64. The van der Waals surface area contributed by atoms with E-state index in [0.29, 0.717) is 13.1 Å². The minimum absolute atomic E-state index is 0.000199. The summed E-state index contributed by atoms with van der Waals surface area (Å²) in [6.45, 7) is 7.29. The van der Waals surface area contributed by atoms with Crippen LogP contribution in [0.3, 0.4) is 0 Å². The highest BCUT2D eigenvalue weighted by Gasteiger charge is 2.31. The Morgan fingerprint density at radius 3 is 2.41 bits per heavy atom. The van der Waals surface area contributed by atoms with Gasteiger partial charge in [-0.1, -0.05) is 6.92 Å². The maximum Gasteiger partial charge on any atom is 0.312 e. The van der Waals surface area contributed by atoms with Crippen LogP contribution >= 0.6 is 0 Å². The molecular weight excluding hydrogens is 400 g/mol. The number of nitro benzene ring substituents is 1. The van der Waals surface area contributed by atoms with Gasteiger partial charge in [0.1, 0.15) is 0 Å². The topological polar surface area (TPSA) is 122 Å². The molecule has 0 spiro atoms. The Labute approximate surface area is 171 Å². The number of hydrogen-bond acceptors (Lipinski definition) is 7. The van der Waals surface area contributed by atoms with Crippen molar-refractivity contribution in [2.45, 2.75) is 37.6 Å². The third-order valence-corrected chi connectivity index (χ3v) is 6.94. The number of rotatable bonds is 8. The summed E-state index contributed by atoms with van der Waals surface area (Å²) in [4.78, 5) is 24.4. The molecule has 1 amide bonds. The third-order valence-electron chi connectivity index (χ3n) is 5.04. The fourth-order valence-corrected chi connectivity index (χ4v) is 4.40. The van der Waals surface area contributed by atoms with Crippen LogP contribution in [0.4, 0.5) is 5.69 Å². The molecule has 0 atom stereocenters. The molecule has 1 saturated heterocycles. The fourth-order valence-electron chi connectivity index (χ4n) is 2.96. The van der Waals surface area contributed by atoms with Crippen molar-refractivity contribution in [1.29, 1.82) is 0 Å². The van der Waals surface area contributed by atoms with Gasteiger partial charge < -0.3 is 10.1 Å². The first-order chi connectivity index (χ1) is 13.5. The number of methoxy groups -OCH3 is 1. The van der Waals surface area contributed by atoms with E-state index in [4.69, 9.17) is 4.74 Å². The zero-order chi connectivity index (χ0) is 21.8. The van der Waals surface area contributed by atoms with Gasteiger partial charge in [0.05, 0.1) is 23.5 Å². The number of carbonyl (C=O) groups is 1. The van der Waals surface area contributed by atoms with E-state index < -0.39 is 20.6 Å². The Balaban J connectivity index is 2.04. The van der Waals surface area contributed by atoms with E-state index in [1.807, 2.05) is 25.7 Å². The maximum absolute atomic E-state index is 12.9. The number of piperazine rings is 1. The van der Waals surface area contributed by atoms with E-state index in [9.17, 15) is 23.3 Å². The molecule has 29 heavy (non-hydrogen) atoms. The Morgan fingerprint density at radius 2 is 1.90 bits per heavy atom. The molecule has 1 heterocycles. The second kappa shape index (κ2) is 9.06. The SMILES string of the molecule is CCC(C)(C)NC(=O)CN1CCN(S(=O)(=O)c2ccc(OC)c([N+](=O)[O-])c2)CC1. The molecule has 1 N–H and O–H groups in total. The van der Waals surface area contributed by atoms with Gasteiger partial charge in [-0.25, -0.2) is 8.42 Å². The first-order valence-corrected chi connectivity index (χ1v) is 10.8. The summed E-state index contributed by atoms with van der Waals surface area (Å²) in [7, 11) is -2.60. The van der Waals surface area contributed by atoms with Crippen molar-refractivity contribution in [2.75, 3.05) is 39.8 Å². The Hall–Kier alpha value is -2.24. The van der Waals surface area contributed by atoms with E-state index in [0.717, 1.165) is 12.5 Å². The van der Waals surface area contributed by atoms with Crippen molar-refractivity contribution in [3.05, 3.63) is 28.3 Å². The van der Waals surface area contributed by atoms with Gasteiger partial charge in [0.25, 0.3) is 0 Å². The number of ether oxygens (including phenoxy) is 1. The zero-order valence-electron chi connectivity index (χ0n) is 17.2. The lowest BCUT2D eigenvalue weighted by Crippen LogP contribution is -2.53. The summed E-state index contributed by atoms with van der Waals surface area (Å²) >= 11 is 0. The highest BCUT2D eigenvalue weighted by atomic mass is 32.2. The summed E-state index contributed by atoms with van der Waals surface area (Å²) in [5.74, 6) is -0.0984. The largest absolute Gasteiger partial charge is 0.490 e. The van der Waals surface area contributed by atoms with Gasteiger partial charge in [0, 0.05) is 37.8 Å². The first-order valence-electron chi connectivity index (χ1n) is 9.36. The lowest BCUT2D eigenvalue weighted by molar-refractivity contribution is -0.386. The first kappa shape index (κ1) is 23.0. The fraction of sp³-hybridized carbons (Fsp3) is 0.611. The number of nitrogens with one attached hydrogen (secondary N) is 1. The van der Waals surface area contributed by atoms with Crippen molar-refractivity contribution in [2.24, 2.45) is 0 Å². The van der Waals surface area contributed by atoms with Gasteiger partial charge in [0.15, 0.2) is 5.75 Å². The van der Waals surface area contributed by atoms with Crippen molar-refractivity contribution >= 4 is 21.6 Å². The summed E-state index contributed by atoms with van der Waals surface area (Å²) in [5.41, 5.74) is -0.687. The van der Waals surface area contributed by atoms with Crippen LogP contribution < -0.4 is 10.1 Å². The lowest BCUT2D eigenvalue weighted by Gasteiger charge is -2.34. The van der Waals surface area contributed by atoms with Gasteiger partial charge >= 0.3 is 5.69 Å². The lowest BCUT2D eigenvalue weighted by atomic mass is 10.0. The van der Waals surface area contributed by atoms with Crippen LogP contribution in [0.5, 0.6) is 5.75 Å². The van der Waals surface area contributed by atoms with Crippen molar-refractivity contribution < 1.29 is 22.9 Å². The molecule has 1 aromatic rings. The number of nitrogens with zero attached hydrogens (tertiary/aromatic N) is 3. The minimum Gasteiger partial charge on any atom is -0.490 e. The molecule has 1 fully saturated rings. The highest BCUT2D eigenvalue weighted by molar-refractivity contribution is 7.89. The molecule has 11 heteroatoms. The Morgan fingerprint density at radius 1 is 1.28 bits per heavy atom. The second-order valence-electron chi connectivity index (χ2n) is 7.56. The predicted octanol–water partition coefficient (Wildman–Crippen LogP) is 1.21. The molecule has 1 aromatic carbocycles. The normalized spacial score (nSPS) is 16.4. The van der Waals surface area contributed by atoms with Crippen LogP contribution in [0.2, 0.25) is 0 Å².